The van der Waals surface area contributed by atoms with Crippen LogP contribution in [0.4, 0.5) is 0 Å². The summed E-state index contributed by atoms with van der Waals surface area (Å²) in [6, 6.07) is 18.8. The van der Waals surface area contributed by atoms with E-state index in [0.29, 0.717) is 38.6 Å². The number of carboxylic acids is 2. The molecule has 3 rings (SSSR count). The zero-order chi connectivity index (χ0) is 26.9. The van der Waals surface area contributed by atoms with Gasteiger partial charge in [-0.25, -0.2) is 9.15 Å². The van der Waals surface area contributed by atoms with E-state index in [1.807, 2.05) is 18.2 Å². The van der Waals surface area contributed by atoms with Crippen molar-refractivity contribution < 1.29 is 43.5 Å². The van der Waals surface area contributed by atoms with Gasteiger partial charge >= 0.3 is 0 Å². The highest BCUT2D eigenvalue weighted by Crippen LogP contribution is 2.27. The first-order valence-corrected chi connectivity index (χ1v) is 12.1. The summed E-state index contributed by atoms with van der Waals surface area (Å²) < 4.78 is 15.4. The number of carbonyl (C=O) groups excluding carboxylic acids is 2. The molecular weight excluding hydrogens is 500 g/mol. The van der Waals surface area contributed by atoms with Crippen LogP contribution >= 0.6 is 11.6 Å². The molecule has 37 heavy (non-hydrogen) atoms. The van der Waals surface area contributed by atoms with Crippen LogP contribution in [0.15, 0.2) is 66.7 Å². The maximum atomic E-state index is 9.41. The Morgan fingerprint density at radius 1 is 0.865 bits per heavy atom. The van der Waals surface area contributed by atoms with Crippen molar-refractivity contribution >= 4 is 36.0 Å². The Morgan fingerprint density at radius 2 is 1.46 bits per heavy atom. The normalized spacial score (nSPS) is 13.8. The van der Waals surface area contributed by atoms with Crippen molar-refractivity contribution in [1.29, 1.82) is 0 Å². The Bertz CT molecular complexity index is 1050. The van der Waals surface area contributed by atoms with Gasteiger partial charge in [0.15, 0.2) is 6.54 Å². The van der Waals surface area contributed by atoms with Crippen molar-refractivity contribution in [3.63, 3.8) is 0 Å². The van der Waals surface area contributed by atoms with Crippen molar-refractivity contribution in [3.8, 4) is 0 Å². The van der Waals surface area contributed by atoms with E-state index in [2.05, 4.69) is 58.0 Å². The molecule has 198 valence electrons. The molecule has 1 unspecified atom stereocenters. The topological polar surface area (TPSA) is 125 Å². The van der Waals surface area contributed by atoms with E-state index in [9.17, 15) is 19.8 Å². The van der Waals surface area contributed by atoms with Crippen LogP contribution in [0.1, 0.15) is 17.2 Å². The average Bonchev–Trinajstić information content (AvgIpc) is 2.90. The monoisotopic (exact) mass is 530 g/mol. The molecule has 1 heterocycles. The molecule has 10 heteroatoms. The fourth-order valence-electron chi connectivity index (χ4n) is 3.53. The number of hydrogen-bond acceptors (Lipinski definition) is 7. The predicted octanol–water partition coefficient (Wildman–Crippen LogP) is -0.322. The van der Waals surface area contributed by atoms with Gasteiger partial charge in [0.2, 0.25) is 31.6 Å². The molecule has 0 spiro atoms. The number of nitrogens with zero attached hydrogens (tertiary/aromatic N) is 2. The van der Waals surface area contributed by atoms with E-state index < -0.39 is 11.9 Å². The summed E-state index contributed by atoms with van der Waals surface area (Å²) in [5, 5.41) is 28.2. The summed E-state index contributed by atoms with van der Waals surface area (Å²) in [5.74, 6) is -3.09. The molecule has 0 fully saturated rings. The third-order valence-corrected chi connectivity index (χ3v) is 5.49. The fraction of sp³-hybridized carbons (Fsp3) is 0.333. The van der Waals surface area contributed by atoms with Crippen LogP contribution < -0.4 is 10.2 Å². The maximum Gasteiger partial charge on any atom is 0.228 e. The van der Waals surface area contributed by atoms with Crippen LogP contribution in [0.2, 0.25) is 5.02 Å². The van der Waals surface area contributed by atoms with Gasteiger partial charge < -0.3 is 34.4 Å². The van der Waals surface area contributed by atoms with Gasteiger partial charge in [-0.3, -0.25) is 0 Å². The van der Waals surface area contributed by atoms with E-state index in [0.717, 1.165) is 24.7 Å². The first-order chi connectivity index (χ1) is 17.9. The molecule has 1 N–H and O–H groups in total. The number of benzene rings is 2. The van der Waals surface area contributed by atoms with Crippen LogP contribution in [0.3, 0.4) is 0 Å². The molecule has 0 bridgehead atoms. The number of rotatable bonds is 13. The van der Waals surface area contributed by atoms with Crippen LogP contribution in [0.25, 0.3) is 0 Å². The fourth-order valence-corrected chi connectivity index (χ4v) is 3.66. The van der Waals surface area contributed by atoms with Crippen LogP contribution in [0.5, 0.6) is 0 Å². The van der Waals surface area contributed by atoms with Crippen molar-refractivity contribution in [3.05, 3.63) is 82.9 Å². The van der Waals surface area contributed by atoms with E-state index in [-0.39, 0.29) is 12.6 Å². The average molecular weight is 531 g/mol. The Labute approximate surface area is 221 Å². The summed E-state index contributed by atoms with van der Waals surface area (Å²) in [6.07, 6.45) is 5.08. The lowest BCUT2D eigenvalue weighted by molar-refractivity contribution is -0.623. The lowest BCUT2D eigenvalue weighted by Crippen LogP contribution is -2.36. The largest absolute Gasteiger partial charge is 0.545 e. The summed E-state index contributed by atoms with van der Waals surface area (Å²) in [5.41, 5.74) is 2.49. The van der Waals surface area contributed by atoms with E-state index in [1.165, 1.54) is 11.1 Å². The first-order valence-electron chi connectivity index (χ1n) is 11.8. The van der Waals surface area contributed by atoms with E-state index >= 15 is 0 Å². The quantitative estimate of drug-likeness (QED) is 0.214. The van der Waals surface area contributed by atoms with Gasteiger partial charge in [0.05, 0.1) is 38.4 Å². The molecule has 9 nitrogen and oxygen atoms in total. The molecule has 1 atom stereocenters. The van der Waals surface area contributed by atoms with Crippen molar-refractivity contribution in [1.82, 2.24) is 0 Å². The van der Waals surface area contributed by atoms with Gasteiger partial charge in [-0.05, 0) is 24.3 Å². The second-order valence-electron chi connectivity index (χ2n) is 7.86. The van der Waals surface area contributed by atoms with Gasteiger partial charge in [0.1, 0.15) is 6.61 Å². The maximum absolute atomic E-state index is 9.41. The van der Waals surface area contributed by atoms with Gasteiger partial charge in [-0.2, -0.15) is 0 Å². The summed E-state index contributed by atoms with van der Waals surface area (Å²) in [6.45, 7) is 4.86. The van der Waals surface area contributed by atoms with Crippen molar-refractivity contribution in [2.24, 2.45) is 0 Å². The highest BCUT2D eigenvalue weighted by molar-refractivity contribution is 6.30. The molecule has 2 aromatic carbocycles. The number of aliphatic hydroxyl groups excluding tert-OH is 1. The minimum absolute atomic E-state index is 0.0507. The molecule has 0 amide bonds. The molecule has 2 aromatic rings. The number of aliphatic carboxylic acids is 2. The smallest absolute Gasteiger partial charge is 0.228 e. The molecular formula is C27H31ClN2O7. The minimum atomic E-state index is -1.55. The van der Waals surface area contributed by atoms with Gasteiger partial charge in [0.25, 0.3) is 0 Å². The summed E-state index contributed by atoms with van der Waals surface area (Å²) in [4.78, 5) is 18.8. The zero-order valence-corrected chi connectivity index (χ0v) is 21.2. The molecule has 0 aliphatic carbocycles. The van der Waals surface area contributed by atoms with Gasteiger partial charge in [0, 0.05) is 16.1 Å². The zero-order valence-electron chi connectivity index (χ0n) is 20.4. The Morgan fingerprint density at radius 3 is 2.00 bits per heavy atom. The number of hydrogen-bond donors (Lipinski definition) is 1. The van der Waals surface area contributed by atoms with Gasteiger partial charge in [-0.15, -0.1) is 0 Å². The van der Waals surface area contributed by atoms with Gasteiger partial charge in [-0.1, -0.05) is 54.1 Å². The molecule has 1 aliphatic heterocycles. The molecule has 0 saturated heterocycles. The van der Waals surface area contributed by atoms with Crippen molar-refractivity contribution in [2.45, 2.75) is 6.04 Å². The highest BCUT2D eigenvalue weighted by atomic mass is 35.5. The number of halogens is 1. The number of carbonyl (C=O) groups is 2. The second-order valence-corrected chi connectivity index (χ2v) is 8.29. The second kappa shape index (κ2) is 17.1. The van der Waals surface area contributed by atoms with Crippen LogP contribution in [-0.4, -0.2) is 91.3 Å². The number of carboxylic acid groups (broad SMARTS) is 2. The minimum Gasteiger partial charge on any atom is -0.545 e. The summed E-state index contributed by atoms with van der Waals surface area (Å²) in [7, 11) is 0. The standard InChI is InChI=1S/C23H29ClN2O3.C4H4O4/c24-22-8-6-21(7-9-22)23(20-4-2-1-3-5-20)26-12-10-25(11-13-26)14-16-28-18-19-29-17-15-27;5-3(6)1-2-4(7)8/h1-10,12,23,27H,11,13-19H2;1-2H,(H,5,6)(H,7,8)/q+2;/p-2/b;2-1-. The molecule has 0 saturated carbocycles. The number of aliphatic hydroxyl groups is 1. The summed E-state index contributed by atoms with van der Waals surface area (Å²) >= 11 is 6.10. The SMILES string of the molecule is O=C([O-])/C=C\C(=O)[O-].OCCOCCOCC[N+]1=CC=[N+](C(c2ccccc2)c2ccc(Cl)cc2)CC1. The van der Waals surface area contributed by atoms with Crippen LogP contribution in [0, 0.1) is 0 Å². The Balaban J connectivity index is 0.000000521. The predicted molar refractivity (Wildman–Crippen MR) is 135 cm³/mol. The lowest BCUT2D eigenvalue weighted by Gasteiger charge is -2.18. The molecule has 0 radical (unpaired) electrons. The molecule has 0 aromatic heterocycles. The Kier molecular flexibility index (Phi) is 13.8. The Hall–Kier alpha value is -3.37. The number of ether oxygens (including phenoxy) is 2. The van der Waals surface area contributed by atoms with Crippen molar-refractivity contribution in [2.75, 3.05) is 52.7 Å². The van der Waals surface area contributed by atoms with E-state index in [1.54, 1.807) is 0 Å². The lowest BCUT2D eigenvalue weighted by atomic mass is 9.98. The molecule has 1 aliphatic rings. The van der Waals surface area contributed by atoms with Crippen LogP contribution in [-0.2, 0) is 19.1 Å². The highest BCUT2D eigenvalue weighted by Gasteiger charge is 2.28. The third-order valence-electron chi connectivity index (χ3n) is 5.23. The first kappa shape index (κ1) is 29.9. The van der Waals surface area contributed by atoms with E-state index in [4.69, 9.17) is 26.2 Å². The third kappa shape index (κ3) is 11.9.